The smallest absolute Gasteiger partial charge is 0.258 e. The molecule has 0 saturated carbocycles. The molecule has 0 atom stereocenters. The summed E-state index contributed by atoms with van der Waals surface area (Å²) in [5.41, 5.74) is 8.56. The van der Waals surface area contributed by atoms with Crippen molar-refractivity contribution in [1.82, 2.24) is 9.88 Å². The van der Waals surface area contributed by atoms with Crippen molar-refractivity contribution in [3.05, 3.63) is 90.3 Å². The van der Waals surface area contributed by atoms with Crippen LogP contribution in [0.5, 0.6) is 0 Å². The molecular weight excluding hydrogens is 400 g/mol. The summed E-state index contributed by atoms with van der Waals surface area (Å²) in [6, 6.07) is 20.2. The van der Waals surface area contributed by atoms with Gasteiger partial charge in [0.05, 0.1) is 11.9 Å². The zero-order valence-corrected chi connectivity index (χ0v) is 18.1. The number of amides is 1. The monoisotopic (exact) mass is 428 g/mol. The van der Waals surface area contributed by atoms with E-state index in [4.69, 9.17) is 5.73 Å². The van der Waals surface area contributed by atoms with Gasteiger partial charge in [0, 0.05) is 42.0 Å². The van der Waals surface area contributed by atoms with Gasteiger partial charge in [-0.05, 0) is 62.3 Å². The highest BCUT2D eigenvalue weighted by molar-refractivity contribution is 6.06. The molecule has 3 aromatic rings. The van der Waals surface area contributed by atoms with Gasteiger partial charge in [-0.15, -0.1) is 0 Å². The average molecular weight is 429 g/mol. The second-order valence-corrected chi connectivity index (χ2v) is 8.14. The molecule has 1 amide bonds. The van der Waals surface area contributed by atoms with Crippen LogP contribution in [0, 0.1) is 5.92 Å². The number of likely N-dealkylation sites (tertiary alicyclic amines) is 1. The number of carbonyl (C=O) groups is 2. The lowest BCUT2D eigenvalue weighted by molar-refractivity contribution is 0.0841. The molecule has 1 aliphatic heterocycles. The molecule has 32 heavy (non-hydrogen) atoms. The fourth-order valence-corrected chi connectivity index (χ4v) is 4.14. The van der Waals surface area contributed by atoms with E-state index in [1.54, 1.807) is 41.6 Å². The van der Waals surface area contributed by atoms with E-state index in [0.717, 1.165) is 43.7 Å². The van der Waals surface area contributed by atoms with Crippen molar-refractivity contribution in [2.24, 2.45) is 5.92 Å². The van der Waals surface area contributed by atoms with E-state index in [2.05, 4.69) is 9.88 Å². The van der Waals surface area contributed by atoms with E-state index in [1.165, 1.54) is 0 Å². The lowest BCUT2D eigenvalue weighted by Gasteiger charge is -2.33. The predicted octanol–water partition coefficient (Wildman–Crippen LogP) is 3.91. The summed E-state index contributed by atoms with van der Waals surface area (Å²) in [6.07, 6.45) is 5.09. The van der Waals surface area contributed by atoms with E-state index in [-0.39, 0.29) is 17.6 Å². The molecule has 1 aromatic heterocycles. The summed E-state index contributed by atoms with van der Waals surface area (Å²) in [6.45, 7) is 2.98. The number of Topliss-reactive ketones (excluding diaryl/α,β-unsaturated/α-hetero) is 1. The van der Waals surface area contributed by atoms with E-state index in [1.807, 2.05) is 42.5 Å². The topological polar surface area (TPSA) is 79.5 Å². The largest absolute Gasteiger partial charge is 0.399 e. The van der Waals surface area contributed by atoms with E-state index in [9.17, 15) is 9.59 Å². The molecule has 0 bridgehead atoms. The van der Waals surface area contributed by atoms with Crippen LogP contribution in [0.25, 0.3) is 0 Å². The molecule has 164 valence electrons. The van der Waals surface area contributed by atoms with Gasteiger partial charge >= 0.3 is 0 Å². The molecule has 2 N–H and O–H groups in total. The number of carbonyl (C=O) groups excluding carboxylic acids is 2. The van der Waals surface area contributed by atoms with Gasteiger partial charge in [0.2, 0.25) is 0 Å². The fourth-order valence-electron chi connectivity index (χ4n) is 4.14. The summed E-state index contributed by atoms with van der Waals surface area (Å²) in [7, 11) is 0. The van der Waals surface area contributed by atoms with E-state index < -0.39 is 0 Å². The first-order valence-corrected chi connectivity index (χ1v) is 11.0. The van der Waals surface area contributed by atoms with Crippen LogP contribution in [-0.4, -0.2) is 47.8 Å². The van der Waals surface area contributed by atoms with Crippen LogP contribution in [0.2, 0.25) is 0 Å². The van der Waals surface area contributed by atoms with Gasteiger partial charge in [0.1, 0.15) is 0 Å². The van der Waals surface area contributed by atoms with Crippen LogP contribution >= 0.6 is 0 Å². The number of hydrogen-bond acceptors (Lipinski definition) is 5. The SMILES string of the molecule is Nc1ccc(C(=O)N(CCN2CCC(C(=O)c3ccccc3)CC2)c2cccnc2)cc1. The number of hydrogen-bond donors (Lipinski definition) is 1. The molecule has 0 aliphatic carbocycles. The molecule has 1 aliphatic rings. The van der Waals surface area contributed by atoms with Gasteiger partial charge in [-0.2, -0.15) is 0 Å². The lowest BCUT2D eigenvalue weighted by atomic mass is 9.89. The van der Waals surface area contributed by atoms with Gasteiger partial charge in [0.15, 0.2) is 5.78 Å². The van der Waals surface area contributed by atoms with Gasteiger partial charge < -0.3 is 15.5 Å². The van der Waals surface area contributed by atoms with Crippen LogP contribution in [0.4, 0.5) is 11.4 Å². The normalized spacial score (nSPS) is 14.8. The number of nitrogens with two attached hydrogens (primary N) is 1. The molecular formula is C26H28N4O2. The number of rotatable bonds is 7. The molecule has 6 heteroatoms. The molecule has 1 fully saturated rings. The molecule has 6 nitrogen and oxygen atoms in total. The van der Waals surface area contributed by atoms with Crippen LogP contribution in [0.15, 0.2) is 79.1 Å². The number of nitrogen functional groups attached to an aromatic ring is 1. The Morgan fingerprint density at radius 2 is 1.66 bits per heavy atom. The highest BCUT2D eigenvalue weighted by Gasteiger charge is 2.26. The number of piperidine rings is 1. The Balaban J connectivity index is 1.38. The van der Waals surface area contributed by atoms with Gasteiger partial charge in [0.25, 0.3) is 5.91 Å². The third-order valence-corrected chi connectivity index (χ3v) is 6.02. The highest BCUT2D eigenvalue weighted by Crippen LogP contribution is 2.23. The summed E-state index contributed by atoms with van der Waals surface area (Å²) >= 11 is 0. The van der Waals surface area contributed by atoms with Crippen molar-refractivity contribution in [2.75, 3.05) is 36.8 Å². The van der Waals surface area contributed by atoms with Crippen molar-refractivity contribution in [3.63, 3.8) is 0 Å². The van der Waals surface area contributed by atoms with E-state index >= 15 is 0 Å². The number of benzene rings is 2. The molecule has 0 radical (unpaired) electrons. The Morgan fingerprint density at radius 1 is 0.938 bits per heavy atom. The maximum atomic E-state index is 13.2. The van der Waals surface area contributed by atoms with Crippen molar-refractivity contribution in [2.45, 2.75) is 12.8 Å². The van der Waals surface area contributed by atoms with Crippen LogP contribution < -0.4 is 10.6 Å². The number of aromatic nitrogens is 1. The number of pyridine rings is 1. The Kier molecular flexibility index (Phi) is 6.92. The minimum atomic E-state index is -0.0767. The maximum Gasteiger partial charge on any atom is 0.258 e. The Morgan fingerprint density at radius 3 is 2.31 bits per heavy atom. The number of ketones is 1. The van der Waals surface area contributed by atoms with E-state index in [0.29, 0.717) is 17.8 Å². The molecule has 0 unspecified atom stereocenters. The first-order chi connectivity index (χ1) is 15.6. The highest BCUT2D eigenvalue weighted by atomic mass is 16.2. The lowest BCUT2D eigenvalue weighted by Crippen LogP contribution is -2.43. The quantitative estimate of drug-likeness (QED) is 0.456. The first kappa shape index (κ1) is 21.7. The zero-order valence-electron chi connectivity index (χ0n) is 18.1. The summed E-state index contributed by atoms with van der Waals surface area (Å²) in [4.78, 5) is 34.2. The van der Waals surface area contributed by atoms with Gasteiger partial charge in [-0.25, -0.2) is 0 Å². The molecule has 1 saturated heterocycles. The Bertz CT molecular complexity index is 1030. The van der Waals surface area contributed by atoms with Gasteiger partial charge in [-0.3, -0.25) is 14.6 Å². The number of nitrogens with zero attached hydrogens (tertiary/aromatic N) is 3. The van der Waals surface area contributed by atoms with Crippen molar-refractivity contribution >= 4 is 23.1 Å². The fraction of sp³-hybridized carbons (Fsp3) is 0.269. The first-order valence-electron chi connectivity index (χ1n) is 11.0. The summed E-state index contributed by atoms with van der Waals surface area (Å²) < 4.78 is 0. The van der Waals surface area contributed by atoms with Crippen LogP contribution in [0.1, 0.15) is 33.6 Å². The van der Waals surface area contributed by atoms with Crippen LogP contribution in [-0.2, 0) is 0 Å². The molecule has 4 rings (SSSR count). The maximum absolute atomic E-state index is 13.2. The Hall–Kier alpha value is -3.51. The van der Waals surface area contributed by atoms with Crippen molar-refractivity contribution in [1.29, 1.82) is 0 Å². The van der Waals surface area contributed by atoms with Crippen molar-refractivity contribution < 1.29 is 9.59 Å². The number of anilines is 2. The van der Waals surface area contributed by atoms with Crippen LogP contribution in [0.3, 0.4) is 0 Å². The average Bonchev–Trinajstić information content (AvgIpc) is 2.85. The standard InChI is InChI=1S/C26H28N4O2/c27-23-10-8-22(9-11-23)26(32)30(24-7-4-14-28-19-24)18-17-29-15-12-21(13-16-29)25(31)20-5-2-1-3-6-20/h1-11,14,19,21H,12-13,15-18,27H2. The van der Waals surface area contributed by atoms with Gasteiger partial charge in [-0.1, -0.05) is 30.3 Å². The predicted molar refractivity (Wildman–Crippen MR) is 127 cm³/mol. The minimum absolute atomic E-state index is 0.0690. The summed E-state index contributed by atoms with van der Waals surface area (Å²) in [5, 5.41) is 0. The molecule has 2 heterocycles. The van der Waals surface area contributed by atoms with Crippen molar-refractivity contribution in [3.8, 4) is 0 Å². The zero-order chi connectivity index (χ0) is 22.3. The molecule has 2 aromatic carbocycles. The minimum Gasteiger partial charge on any atom is -0.399 e. The third-order valence-electron chi connectivity index (χ3n) is 6.02. The third kappa shape index (κ3) is 5.21. The summed E-state index contributed by atoms with van der Waals surface area (Å²) in [5.74, 6) is 0.229. The second-order valence-electron chi connectivity index (χ2n) is 8.14. The Labute approximate surface area is 188 Å². The second kappa shape index (κ2) is 10.2. The molecule has 0 spiro atoms.